The third-order valence-electron chi connectivity index (χ3n) is 5.22. The number of hydrogen-bond donors (Lipinski definition) is 1. The number of fused-ring (bicyclic) bond motifs is 2. The van der Waals surface area contributed by atoms with Gasteiger partial charge in [-0.3, -0.25) is 9.69 Å². The second-order valence-electron chi connectivity index (χ2n) is 7.41. The molecule has 1 fully saturated rings. The summed E-state index contributed by atoms with van der Waals surface area (Å²) in [5.74, 6) is 1.27. The van der Waals surface area contributed by atoms with Crippen molar-refractivity contribution in [3.8, 4) is 0 Å². The predicted molar refractivity (Wildman–Crippen MR) is 109 cm³/mol. The van der Waals surface area contributed by atoms with Gasteiger partial charge in [0, 0.05) is 13.2 Å². The fourth-order valence-corrected chi connectivity index (χ4v) is 3.86. The van der Waals surface area contributed by atoms with Crippen molar-refractivity contribution in [1.29, 1.82) is 0 Å². The molecule has 7 nitrogen and oxygen atoms in total. The molecule has 0 aliphatic carbocycles. The van der Waals surface area contributed by atoms with Crippen molar-refractivity contribution in [3.63, 3.8) is 0 Å². The van der Waals surface area contributed by atoms with E-state index in [2.05, 4.69) is 19.9 Å². The zero-order chi connectivity index (χ0) is 19.6. The molecule has 0 saturated carbocycles. The fourth-order valence-electron chi connectivity index (χ4n) is 3.86. The molecular weight excluding hydrogens is 368 g/mol. The average Bonchev–Trinajstić information content (AvgIpc) is 3.37. The third-order valence-corrected chi connectivity index (χ3v) is 5.22. The monoisotopic (exact) mass is 390 g/mol. The Morgan fingerprint density at radius 1 is 1.03 bits per heavy atom. The lowest BCUT2D eigenvalue weighted by molar-refractivity contribution is 0.0641. The summed E-state index contributed by atoms with van der Waals surface area (Å²) in [5, 5.41) is 0.598. The molecule has 0 bridgehead atoms. The van der Waals surface area contributed by atoms with Crippen LogP contribution in [0.1, 0.15) is 24.6 Å². The Morgan fingerprint density at radius 2 is 1.86 bits per heavy atom. The van der Waals surface area contributed by atoms with Gasteiger partial charge in [-0.2, -0.15) is 0 Å². The highest BCUT2D eigenvalue weighted by Gasteiger charge is 2.22. The van der Waals surface area contributed by atoms with E-state index in [9.17, 15) is 4.79 Å². The van der Waals surface area contributed by atoms with Gasteiger partial charge >= 0.3 is 0 Å². The molecule has 1 aliphatic heterocycles. The zero-order valence-electron chi connectivity index (χ0n) is 16.0. The van der Waals surface area contributed by atoms with E-state index in [0.29, 0.717) is 35.7 Å². The largest absolute Gasteiger partial charge is 0.439 e. The van der Waals surface area contributed by atoms with E-state index < -0.39 is 0 Å². The molecule has 1 atom stereocenters. The van der Waals surface area contributed by atoms with Crippen LogP contribution in [0.4, 0.5) is 0 Å². The molecular formula is C22H22N4O3. The summed E-state index contributed by atoms with van der Waals surface area (Å²) < 4.78 is 11.7. The number of hydrogen-bond acceptors (Lipinski definition) is 6. The van der Waals surface area contributed by atoms with Crippen molar-refractivity contribution in [2.75, 3.05) is 13.2 Å². The van der Waals surface area contributed by atoms with E-state index >= 15 is 0 Å². The van der Waals surface area contributed by atoms with Crippen LogP contribution in [-0.2, 0) is 17.8 Å². The van der Waals surface area contributed by atoms with E-state index in [-0.39, 0.29) is 11.7 Å². The van der Waals surface area contributed by atoms with Gasteiger partial charge in [0.25, 0.3) is 5.56 Å². The number of nitrogens with one attached hydrogen (secondary N) is 1. The third kappa shape index (κ3) is 3.92. The normalized spacial score (nSPS) is 16.9. The summed E-state index contributed by atoms with van der Waals surface area (Å²) in [6, 6.07) is 15.1. The lowest BCUT2D eigenvalue weighted by Gasteiger charge is -2.23. The molecule has 5 rings (SSSR count). The molecule has 0 spiro atoms. The van der Waals surface area contributed by atoms with Crippen molar-refractivity contribution in [2.45, 2.75) is 32.0 Å². The lowest BCUT2D eigenvalue weighted by atomic mass is 10.2. The van der Waals surface area contributed by atoms with Crippen LogP contribution in [-0.4, -0.2) is 39.1 Å². The van der Waals surface area contributed by atoms with E-state index in [0.717, 1.165) is 37.1 Å². The smallest absolute Gasteiger partial charge is 0.258 e. The van der Waals surface area contributed by atoms with Crippen molar-refractivity contribution in [3.05, 3.63) is 70.6 Å². The van der Waals surface area contributed by atoms with Crippen LogP contribution >= 0.6 is 0 Å². The summed E-state index contributed by atoms with van der Waals surface area (Å²) in [5.41, 5.74) is 2.20. The molecule has 7 heteroatoms. The Hall–Kier alpha value is -3.03. The zero-order valence-corrected chi connectivity index (χ0v) is 16.0. The molecule has 4 aromatic rings. The fraction of sp³-hybridized carbons (Fsp3) is 0.318. The molecule has 1 aliphatic rings. The van der Waals surface area contributed by atoms with Gasteiger partial charge in [0.1, 0.15) is 11.3 Å². The maximum absolute atomic E-state index is 12.4. The second kappa shape index (κ2) is 7.77. The molecule has 1 N–H and O–H groups in total. The Labute approximate surface area is 167 Å². The van der Waals surface area contributed by atoms with E-state index in [1.165, 1.54) is 0 Å². The van der Waals surface area contributed by atoms with Gasteiger partial charge in [-0.15, -0.1) is 0 Å². The van der Waals surface area contributed by atoms with Gasteiger partial charge in [0.15, 0.2) is 5.58 Å². The Balaban J connectivity index is 1.42. The number of para-hydroxylation sites is 3. The van der Waals surface area contributed by atoms with Gasteiger partial charge in [0.05, 0.1) is 30.1 Å². The van der Waals surface area contributed by atoms with Crippen LogP contribution in [0.3, 0.4) is 0 Å². The summed E-state index contributed by atoms with van der Waals surface area (Å²) in [6.07, 6.45) is 2.28. The van der Waals surface area contributed by atoms with Crippen molar-refractivity contribution >= 4 is 22.0 Å². The summed E-state index contributed by atoms with van der Waals surface area (Å²) in [4.78, 5) is 26.8. The van der Waals surface area contributed by atoms with Crippen LogP contribution in [0.5, 0.6) is 0 Å². The topological polar surface area (TPSA) is 84.2 Å². The number of H-pyrrole nitrogens is 1. The molecule has 2 aromatic carbocycles. The number of oxazole rings is 1. The minimum Gasteiger partial charge on any atom is -0.439 e. The number of benzene rings is 2. The Kier molecular flexibility index (Phi) is 4.83. The number of ether oxygens (including phenoxy) is 1. The molecule has 0 amide bonds. The average molecular weight is 390 g/mol. The first-order valence-corrected chi connectivity index (χ1v) is 9.91. The van der Waals surface area contributed by atoms with Crippen LogP contribution in [0, 0.1) is 0 Å². The SMILES string of the molecule is O=c1[nH]c(CN(Cc2nc3ccccc3o2)CC2CCCO2)nc2ccccc12. The second-order valence-corrected chi connectivity index (χ2v) is 7.41. The first-order valence-electron chi connectivity index (χ1n) is 9.91. The van der Waals surface area contributed by atoms with Gasteiger partial charge < -0.3 is 14.1 Å². The minimum absolute atomic E-state index is 0.121. The number of rotatable bonds is 6. The highest BCUT2D eigenvalue weighted by Crippen LogP contribution is 2.19. The summed E-state index contributed by atoms with van der Waals surface area (Å²) in [7, 11) is 0. The molecule has 1 unspecified atom stereocenters. The van der Waals surface area contributed by atoms with Crippen LogP contribution < -0.4 is 5.56 Å². The van der Waals surface area contributed by atoms with E-state index in [1.807, 2.05) is 42.5 Å². The predicted octanol–water partition coefficient (Wildman–Crippen LogP) is 3.25. The maximum Gasteiger partial charge on any atom is 0.258 e. The quantitative estimate of drug-likeness (QED) is 0.544. The summed E-state index contributed by atoms with van der Waals surface area (Å²) >= 11 is 0. The number of aromatic nitrogens is 3. The maximum atomic E-state index is 12.4. The molecule has 29 heavy (non-hydrogen) atoms. The van der Waals surface area contributed by atoms with Crippen molar-refractivity contribution < 1.29 is 9.15 Å². The van der Waals surface area contributed by atoms with Crippen LogP contribution in [0.2, 0.25) is 0 Å². The van der Waals surface area contributed by atoms with E-state index in [1.54, 1.807) is 6.07 Å². The van der Waals surface area contributed by atoms with Gasteiger partial charge in [-0.25, -0.2) is 9.97 Å². The highest BCUT2D eigenvalue weighted by atomic mass is 16.5. The Morgan fingerprint density at radius 3 is 2.69 bits per heavy atom. The Bertz CT molecular complexity index is 1160. The number of nitrogens with zero attached hydrogens (tertiary/aromatic N) is 3. The first-order chi connectivity index (χ1) is 14.2. The molecule has 148 valence electrons. The standard InChI is InChI=1S/C22H22N4O3/c27-22-16-7-1-2-8-17(16)23-20(25-22)13-26(12-15-6-5-11-28-15)14-21-24-18-9-3-4-10-19(18)29-21/h1-4,7-10,15H,5-6,11-14H2,(H,23,25,27). The van der Waals surface area contributed by atoms with Crippen molar-refractivity contribution in [1.82, 2.24) is 19.9 Å². The minimum atomic E-state index is -0.121. The van der Waals surface area contributed by atoms with E-state index in [4.69, 9.17) is 9.15 Å². The first kappa shape index (κ1) is 18.0. The van der Waals surface area contributed by atoms with Crippen LogP contribution in [0.25, 0.3) is 22.0 Å². The molecule has 3 heterocycles. The lowest BCUT2D eigenvalue weighted by Crippen LogP contribution is -2.32. The van der Waals surface area contributed by atoms with Gasteiger partial charge in [0.2, 0.25) is 5.89 Å². The van der Waals surface area contributed by atoms with Crippen LogP contribution in [0.15, 0.2) is 57.7 Å². The van der Waals surface area contributed by atoms with Gasteiger partial charge in [-0.05, 0) is 37.1 Å². The number of aromatic amines is 1. The molecule has 1 saturated heterocycles. The molecule has 0 radical (unpaired) electrons. The molecule has 2 aromatic heterocycles. The summed E-state index contributed by atoms with van der Waals surface area (Å²) in [6.45, 7) is 2.53. The van der Waals surface area contributed by atoms with Crippen molar-refractivity contribution in [2.24, 2.45) is 0 Å². The van der Waals surface area contributed by atoms with Gasteiger partial charge in [-0.1, -0.05) is 24.3 Å². The highest BCUT2D eigenvalue weighted by molar-refractivity contribution is 5.77.